The van der Waals surface area contributed by atoms with E-state index in [1.54, 1.807) is 0 Å². The molecule has 0 aromatic carbocycles. The smallest absolute Gasteiger partial charge is 0.301 e. The highest BCUT2D eigenvalue weighted by Crippen LogP contribution is 2.60. The number of ketones is 2. The summed E-state index contributed by atoms with van der Waals surface area (Å²) in [5, 5.41) is 0. The molecule has 0 rings (SSSR count). The Bertz CT molecular complexity index is 315. The third-order valence-corrected chi connectivity index (χ3v) is 6.89. The highest BCUT2D eigenvalue weighted by atomic mass is 32.7. The van der Waals surface area contributed by atoms with Gasteiger partial charge in [-0.25, -0.2) is 4.57 Å². The summed E-state index contributed by atoms with van der Waals surface area (Å²) in [6.45, 7) is 6.59. The summed E-state index contributed by atoms with van der Waals surface area (Å²) in [7, 11) is 0. The molecule has 0 saturated heterocycles. The molecular weight excluding hydrogens is 331 g/mol. The number of hydrogen-bond donors (Lipinski definition) is 0. The molecule has 0 radical (unpaired) electrons. The molecule has 0 aromatic rings. The van der Waals surface area contributed by atoms with Gasteiger partial charge in [0.1, 0.15) is 11.6 Å². The normalized spacial score (nSPS) is 10.7. The molecule has 5 nitrogen and oxygen atoms in total. The Morgan fingerprint density at radius 2 is 1.43 bits per heavy atom. The number of rotatable bonds is 11. The largest absolute Gasteiger partial charge is 0.389 e. The van der Waals surface area contributed by atoms with Gasteiger partial charge >= 0.3 is 6.80 Å². The second-order valence-corrected chi connectivity index (χ2v) is 9.48. The van der Waals surface area contributed by atoms with E-state index in [0.717, 1.165) is 17.3 Å². The average Bonchev–Trinajstić information content (AvgIpc) is 2.34. The van der Waals surface area contributed by atoms with Gasteiger partial charge in [-0.1, -0.05) is 6.92 Å². The summed E-state index contributed by atoms with van der Waals surface area (Å²) in [5.74, 6) is 2.77. The van der Waals surface area contributed by atoms with Gasteiger partial charge in [0.15, 0.2) is 0 Å². The van der Waals surface area contributed by atoms with Crippen molar-refractivity contribution in [3.8, 4) is 0 Å². The maximum Gasteiger partial charge on any atom is 0.389 e. The fourth-order valence-electron chi connectivity index (χ4n) is 1.13. The van der Waals surface area contributed by atoms with Gasteiger partial charge in [0.05, 0.1) is 19.6 Å². The van der Waals surface area contributed by atoms with Gasteiger partial charge in [-0.3, -0.25) is 9.59 Å². The average molecular weight is 358 g/mol. The molecule has 0 heterocycles. The fourth-order valence-corrected chi connectivity index (χ4v) is 5.69. The SMILES string of the molecule is CC(=O)CC(C)=O.CCOP(=O)(OCC)SCCSCC. The number of hydrogen-bond acceptors (Lipinski definition) is 7. The Kier molecular flexibility index (Phi) is 16.9. The van der Waals surface area contributed by atoms with Crippen LogP contribution in [0, 0.1) is 0 Å². The van der Waals surface area contributed by atoms with Crippen molar-refractivity contribution in [3.05, 3.63) is 0 Å². The minimum atomic E-state index is -2.86. The molecule has 0 fully saturated rings. The van der Waals surface area contributed by atoms with Crippen LogP contribution in [0.4, 0.5) is 0 Å². The molecule has 0 aliphatic rings. The van der Waals surface area contributed by atoms with Crippen LogP contribution in [0.3, 0.4) is 0 Å². The Hall–Kier alpha value is 0.190. The van der Waals surface area contributed by atoms with Crippen LogP contribution >= 0.6 is 29.9 Å². The van der Waals surface area contributed by atoms with Crippen LogP contribution in [-0.2, 0) is 23.2 Å². The van der Waals surface area contributed by atoms with Crippen molar-refractivity contribution in [2.24, 2.45) is 0 Å². The summed E-state index contributed by atoms with van der Waals surface area (Å²) < 4.78 is 22.2. The van der Waals surface area contributed by atoms with Crippen molar-refractivity contribution in [2.45, 2.75) is 41.0 Å². The standard InChI is InChI=1S/C8H19O3PS2.C5H8O2/c1-4-10-12(9,11-5-2)14-8-7-13-6-3;1-4(6)3-5(2)7/h4-8H2,1-3H3;3H2,1-2H3. The Morgan fingerprint density at radius 3 is 1.71 bits per heavy atom. The maximum atomic E-state index is 11.9. The second kappa shape index (κ2) is 15.1. The molecule has 21 heavy (non-hydrogen) atoms. The zero-order valence-corrected chi connectivity index (χ0v) is 16.1. The molecule has 8 heteroatoms. The lowest BCUT2D eigenvalue weighted by Gasteiger charge is -2.15. The fraction of sp³-hybridized carbons (Fsp3) is 0.846. The molecule has 0 aliphatic heterocycles. The maximum absolute atomic E-state index is 11.9. The summed E-state index contributed by atoms with van der Waals surface area (Å²) in [6.07, 6.45) is 0.0833. The van der Waals surface area contributed by atoms with Crippen molar-refractivity contribution >= 4 is 41.5 Å². The lowest BCUT2D eigenvalue weighted by molar-refractivity contribution is -0.124. The van der Waals surface area contributed by atoms with Gasteiger partial charge in [0.25, 0.3) is 0 Å². The zero-order chi connectivity index (χ0) is 16.7. The lowest BCUT2D eigenvalue weighted by Crippen LogP contribution is -1.97. The molecular formula is C13H27O5PS2. The van der Waals surface area contributed by atoms with E-state index >= 15 is 0 Å². The third-order valence-electron chi connectivity index (χ3n) is 1.75. The number of carbonyl (C=O) groups is 2. The van der Waals surface area contributed by atoms with Gasteiger partial charge in [0, 0.05) is 11.5 Å². The topological polar surface area (TPSA) is 69.7 Å². The van der Waals surface area contributed by atoms with Gasteiger partial charge in [-0.2, -0.15) is 11.8 Å². The van der Waals surface area contributed by atoms with E-state index in [-0.39, 0.29) is 18.0 Å². The highest BCUT2D eigenvalue weighted by molar-refractivity contribution is 8.55. The first kappa shape index (κ1) is 23.5. The van der Waals surface area contributed by atoms with Gasteiger partial charge in [0.2, 0.25) is 0 Å². The summed E-state index contributed by atoms with van der Waals surface area (Å²) >= 11 is 3.14. The molecule has 0 bridgehead atoms. The highest BCUT2D eigenvalue weighted by Gasteiger charge is 2.23. The second-order valence-electron chi connectivity index (χ2n) is 3.89. The quantitative estimate of drug-likeness (QED) is 0.311. The molecule has 0 spiro atoms. The summed E-state index contributed by atoms with van der Waals surface area (Å²) in [5.41, 5.74) is 0. The molecule has 0 atom stereocenters. The molecule has 0 saturated carbocycles. The third kappa shape index (κ3) is 18.1. The van der Waals surface area contributed by atoms with Gasteiger partial charge in [-0.15, -0.1) is 0 Å². The van der Waals surface area contributed by atoms with Crippen LogP contribution in [0.15, 0.2) is 0 Å². The Morgan fingerprint density at radius 1 is 0.952 bits per heavy atom. The number of thioether (sulfide) groups is 1. The summed E-state index contributed by atoms with van der Waals surface area (Å²) in [4.78, 5) is 20.1. The van der Waals surface area contributed by atoms with E-state index in [9.17, 15) is 14.2 Å². The predicted octanol–water partition coefficient (Wildman–Crippen LogP) is 4.21. The van der Waals surface area contributed by atoms with Gasteiger partial charge < -0.3 is 9.05 Å². The Labute approximate surface area is 136 Å². The van der Waals surface area contributed by atoms with Crippen LogP contribution in [-0.4, -0.2) is 42.0 Å². The van der Waals surface area contributed by atoms with Crippen molar-refractivity contribution in [2.75, 3.05) is 30.5 Å². The molecule has 0 unspecified atom stereocenters. The zero-order valence-electron chi connectivity index (χ0n) is 13.5. The Balaban J connectivity index is 0. The first-order valence-corrected chi connectivity index (χ1v) is 11.2. The van der Waals surface area contributed by atoms with Crippen LogP contribution in [0.5, 0.6) is 0 Å². The van der Waals surface area contributed by atoms with E-state index in [1.165, 1.54) is 25.2 Å². The van der Waals surface area contributed by atoms with Crippen LogP contribution in [0.1, 0.15) is 41.0 Å². The summed E-state index contributed by atoms with van der Waals surface area (Å²) in [6, 6.07) is 0. The van der Waals surface area contributed by atoms with Crippen molar-refractivity contribution in [1.82, 2.24) is 0 Å². The number of carbonyl (C=O) groups excluding carboxylic acids is 2. The van der Waals surface area contributed by atoms with Gasteiger partial charge in [-0.05, 0) is 44.8 Å². The molecule has 0 aliphatic carbocycles. The first-order chi connectivity index (χ1) is 9.81. The van der Waals surface area contributed by atoms with Crippen LogP contribution in [0.25, 0.3) is 0 Å². The molecule has 126 valence electrons. The van der Waals surface area contributed by atoms with Crippen molar-refractivity contribution < 1.29 is 23.2 Å². The predicted molar refractivity (Wildman–Crippen MR) is 92.3 cm³/mol. The minimum Gasteiger partial charge on any atom is -0.301 e. The van der Waals surface area contributed by atoms with E-state index < -0.39 is 6.80 Å². The molecule has 0 aromatic heterocycles. The minimum absolute atomic E-state index is 0.0625. The van der Waals surface area contributed by atoms with E-state index in [0.29, 0.717) is 13.2 Å². The van der Waals surface area contributed by atoms with Crippen LogP contribution < -0.4 is 0 Å². The molecule has 0 amide bonds. The van der Waals surface area contributed by atoms with E-state index in [1.807, 2.05) is 25.6 Å². The monoisotopic (exact) mass is 358 g/mol. The van der Waals surface area contributed by atoms with Crippen LogP contribution in [0.2, 0.25) is 0 Å². The van der Waals surface area contributed by atoms with Crippen molar-refractivity contribution in [1.29, 1.82) is 0 Å². The molecule has 0 N–H and O–H groups in total. The number of Topliss-reactive ketones (excluding diaryl/α,β-unsaturated/α-hetero) is 2. The van der Waals surface area contributed by atoms with E-state index in [4.69, 9.17) is 9.05 Å². The van der Waals surface area contributed by atoms with Crippen molar-refractivity contribution in [3.63, 3.8) is 0 Å². The lowest BCUT2D eigenvalue weighted by atomic mass is 10.2. The first-order valence-electron chi connectivity index (χ1n) is 6.91. The van der Waals surface area contributed by atoms with E-state index in [2.05, 4.69) is 6.92 Å².